The number of pyridine rings is 1. The van der Waals surface area contributed by atoms with Crippen LogP contribution in [0.4, 0.5) is 0 Å². The summed E-state index contributed by atoms with van der Waals surface area (Å²) in [5.41, 5.74) is 1.30. The fourth-order valence-electron chi connectivity index (χ4n) is 4.43. The van der Waals surface area contributed by atoms with Gasteiger partial charge in [0, 0.05) is 24.0 Å². The zero-order valence-electron chi connectivity index (χ0n) is 18.0. The van der Waals surface area contributed by atoms with Gasteiger partial charge in [-0.25, -0.2) is 0 Å². The number of ether oxygens (including phenoxy) is 1. The summed E-state index contributed by atoms with van der Waals surface area (Å²) in [6, 6.07) is 10.0. The lowest BCUT2D eigenvalue weighted by Gasteiger charge is -2.30. The molecule has 0 radical (unpaired) electrons. The highest BCUT2D eigenvalue weighted by Crippen LogP contribution is 2.43. The van der Waals surface area contributed by atoms with Gasteiger partial charge in [-0.05, 0) is 42.5 Å². The Morgan fingerprint density at radius 1 is 1.19 bits per heavy atom. The Hall–Kier alpha value is -3.15. The van der Waals surface area contributed by atoms with Crippen LogP contribution in [-0.4, -0.2) is 39.3 Å². The van der Waals surface area contributed by atoms with Gasteiger partial charge in [-0.15, -0.1) is 0 Å². The Balaban J connectivity index is 1.79. The van der Waals surface area contributed by atoms with Crippen molar-refractivity contribution in [2.75, 3.05) is 6.61 Å². The molecule has 2 aliphatic rings. The lowest BCUT2D eigenvalue weighted by Crippen LogP contribution is -2.37. The molecule has 1 N–H and O–H groups in total. The molecule has 0 bridgehead atoms. The minimum Gasteiger partial charge on any atom is -0.507 e. The van der Waals surface area contributed by atoms with Gasteiger partial charge in [-0.2, -0.15) is 0 Å². The molecule has 1 atom stereocenters. The molecule has 2 fully saturated rings. The average molecular weight is 421 g/mol. The normalized spacial score (nSPS) is 21.3. The molecule has 1 aliphatic heterocycles. The summed E-state index contributed by atoms with van der Waals surface area (Å²) in [6.45, 7) is 4.66. The Bertz CT molecular complexity index is 994. The van der Waals surface area contributed by atoms with Crippen LogP contribution in [0.25, 0.3) is 5.76 Å². The van der Waals surface area contributed by atoms with E-state index in [-0.39, 0.29) is 17.4 Å². The van der Waals surface area contributed by atoms with E-state index < -0.39 is 17.7 Å². The first kappa shape index (κ1) is 21.1. The molecule has 6 nitrogen and oxygen atoms in total. The number of Topliss-reactive ketones (excluding diaryl/α,β-unsaturated/α-hetero) is 1. The molecule has 1 aliphatic carbocycles. The third-order valence-corrected chi connectivity index (χ3v) is 5.89. The van der Waals surface area contributed by atoms with Gasteiger partial charge in [0.1, 0.15) is 11.5 Å². The molecule has 1 aromatic carbocycles. The van der Waals surface area contributed by atoms with Crippen LogP contribution in [0.1, 0.15) is 56.7 Å². The lowest BCUT2D eigenvalue weighted by molar-refractivity contribution is -0.141. The predicted molar refractivity (Wildman–Crippen MR) is 117 cm³/mol. The smallest absolute Gasteiger partial charge is 0.295 e. The van der Waals surface area contributed by atoms with E-state index in [2.05, 4.69) is 18.8 Å². The molecule has 1 aromatic heterocycles. The van der Waals surface area contributed by atoms with Crippen molar-refractivity contribution in [3.05, 3.63) is 65.5 Å². The number of amides is 1. The monoisotopic (exact) mass is 420 g/mol. The van der Waals surface area contributed by atoms with Crippen molar-refractivity contribution in [2.45, 2.75) is 51.6 Å². The van der Waals surface area contributed by atoms with Crippen molar-refractivity contribution in [2.24, 2.45) is 5.92 Å². The minimum absolute atomic E-state index is 0.00679. The van der Waals surface area contributed by atoms with E-state index in [9.17, 15) is 14.7 Å². The standard InChI is InChI=1S/C25H28N2O4/c1-16(2)15-31-20-11-5-7-17(13-20)23(28)21-22(18-8-6-12-26-14-18)27(25(30)24(21)29)19-9-3-4-10-19/h5-8,11-14,16,19,22,28H,3-4,9-10,15H2,1-2H3/b23-21-. The quantitative estimate of drug-likeness (QED) is 0.423. The number of ketones is 1. The van der Waals surface area contributed by atoms with Crippen molar-refractivity contribution >= 4 is 17.4 Å². The number of rotatable bonds is 6. The van der Waals surface area contributed by atoms with Gasteiger partial charge in [0.2, 0.25) is 0 Å². The number of aliphatic hydroxyl groups excluding tert-OH is 1. The highest BCUT2D eigenvalue weighted by atomic mass is 16.5. The van der Waals surface area contributed by atoms with E-state index in [1.54, 1.807) is 41.6 Å². The first-order valence-electron chi connectivity index (χ1n) is 10.9. The van der Waals surface area contributed by atoms with Crippen LogP contribution in [-0.2, 0) is 9.59 Å². The maximum absolute atomic E-state index is 13.1. The number of likely N-dealkylation sites (tertiary alicyclic amines) is 1. The maximum atomic E-state index is 13.1. The summed E-state index contributed by atoms with van der Waals surface area (Å²) >= 11 is 0. The molecule has 1 unspecified atom stereocenters. The fraction of sp³-hybridized carbons (Fsp3) is 0.400. The molecule has 2 heterocycles. The SMILES string of the molecule is CC(C)COc1cccc(/C(O)=C2/C(=O)C(=O)N(C3CCCC3)C2c2cccnc2)c1. The second kappa shape index (κ2) is 8.92. The van der Waals surface area contributed by atoms with Crippen molar-refractivity contribution < 1.29 is 19.4 Å². The van der Waals surface area contributed by atoms with E-state index in [1.165, 1.54) is 0 Å². The van der Waals surface area contributed by atoms with Crippen molar-refractivity contribution in [3.63, 3.8) is 0 Å². The molecular formula is C25H28N2O4. The molecule has 1 amide bonds. The summed E-state index contributed by atoms with van der Waals surface area (Å²) in [4.78, 5) is 32.0. The minimum atomic E-state index is -0.647. The Kier molecular flexibility index (Phi) is 6.07. The van der Waals surface area contributed by atoms with Gasteiger partial charge < -0.3 is 14.7 Å². The second-order valence-electron chi connectivity index (χ2n) is 8.66. The number of aromatic nitrogens is 1. The van der Waals surface area contributed by atoms with Gasteiger partial charge in [0.15, 0.2) is 0 Å². The van der Waals surface area contributed by atoms with Gasteiger partial charge in [0.25, 0.3) is 11.7 Å². The zero-order chi connectivity index (χ0) is 22.0. The number of carbonyl (C=O) groups is 2. The molecule has 1 saturated carbocycles. The van der Waals surface area contributed by atoms with Crippen molar-refractivity contribution in [1.29, 1.82) is 0 Å². The number of benzene rings is 1. The highest BCUT2D eigenvalue weighted by Gasteiger charge is 2.49. The largest absolute Gasteiger partial charge is 0.507 e. The molecule has 4 rings (SSSR count). The highest BCUT2D eigenvalue weighted by molar-refractivity contribution is 6.46. The summed E-state index contributed by atoms with van der Waals surface area (Å²) < 4.78 is 5.78. The summed E-state index contributed by atoms with van der Waals surface area (Å²) in [7, 11) is 0. The first-order valence-corrected chi connectivity index (χ1v) is 10.9. The molecule has 0 spiro atoms. The Labute approximate surface area is 182 Å². The summed E-state index contributed by atoms with van der Waals surface area (Å²) in [5, 5.41) is 11.2. The maximum Gasteiger partial charge on any atom is 0.295 e. The number of hydrogen-bond acceptors (Lipinski definition) is 5. The molecule has 1 saturated heterocycles. The molecular weight excluding hydrogens is 392 g/mol. The topological polar surface area (TPSA) is 79.7 Å². The lowest BCUT2D eigenvalue weighted by atomic mass is 9.95. The van der Waals surface area contributed by atoms with Gasteiger partial charge in [-0.3, -0.25) is 14.6 Å². The van der Waals surface area contributed by atoms with Crippen molar-refractivity contribution in [1.82, 2.24) is 9.88 Å². The first-order chi connectivity index (χ1) is 15.0. The average Bonchev–Trinajstić information content (AvgIpc) is 3.39. The third-order valence-electron chi connectivity index (χ3n) is 5.89. The van der Waals surface area contributed by atoms with Crippen LogP contribution >= 0.6 is 0 Å². The molecule has 6 heteroatoms. The van der Waals surface area contributed by atoms with Crippen LogP contribution in [0.2, 0.25) is 0 Å². The molecule has 162 valence electrons. The van der Waals surface area contributed by atoms with Crippen molar-refractivity contribution in [3.8, 4) is 5.75 Å². The van der Waals surface area contributed by atoms with E-state index in [1.807, 2.05) is 12.1 Å². The van der Waals surface area contributed by atoms with E-state index in [4.69, 9.17) is 4.74 Å². The molecule has 2 aromatic rings. The van der Waals surface area contributed by atoms with E-state index in [0.29, 0.717) is 23.8 Å². The number of aliphatic hydroxyl groups is 1. The van der Waals surface area contributed by atoms with Gasteiger partial charge >= 0.3 is 0 Å². The predicted octanol–water partition coefficient (Wildman–Crippen LogP) is 4.48. The zero-order valence-corrected chi connectivity index (χ0v) is 18.0. The van der Waals surface area contributed by atoms with E-state index in [0.717, 1.165) is 31.2 Å². The summed E-state index contributed by atoms with van der Waals surface area (Å²) in [6.07, 6.45) is 7.10. The second-order valence-corrected chi connectivity index (χ2v) is 8.66. The van der Waals surface area contributed by atoms with Crippen LogP contribution < -0.4 is 4.74 Å². The number of carbonyl (C=O) groups excluding carboxylic acids is 2. The fourth-order valence-corrected chi connectivity index (χ4v) is 4.43. The Morgan fingerprint density at radius 2 is 1.97 bits per heavy atom. The van der Waals surface area contributed by atoms with E-state index >= 15 is 0 Å². The Morgan fingerprint density at radius 3 is 2.65 bits per heavy atom. The van der Waals surface area contributed by atoms with Gasteiger partial charge in [-0.1, -0.05) is 44.9 Å². The molecule has 31 heavy (non-hydrogen) atoms. The van der Waals surface area contributed by atoms with Crippen LogP contribution in [0.3, 0.4) is 0 Å². The van der Waals surface area contributed by atoms with Crippen LogP contribution in [0, 0.1) is 5.92 Å². The number of nitrogens with zero attached hydrogens (tertiary/aromatic N) is 2. The third kappa shape index (κ3) is 4.20. The number of hydrogen-bond donors (Lipinski definition) is 1. The van der Waals surface area contributed by atoms with Crippen LogP contribution in [0.15, 0.2) is 54.4 Å². The summed E-state index contributed by atoms with van der Waals surface area (Å²) in [5.74, 6) is -0.399. The van der Waals surface area contributed by atoms with Crippen LogP contribution in [0.5, 0.6) is 5.75 Å². The van der Waals surface area contributed by atoms with Gasteiger partial charge in [0.05, 0.1) is 18.2 Å².